The lowest BCUT2D eigenvalue weighted by Crippen LogP contribution is -2.44. The van der Waals surface area contributed by atoms with E-state index < -0.39 is 5.91 Å². The number of nitrogens with zero attached hydrogens (tertiary/aromatic N) is 2. The maximum Gasteiger partial charge on any atom is 0.251 e. The van der Waals surface area contributed by atoms with Crippen LogP contribution in [0.25, 0.3) is 0 Å². The van der Waals surface area contributed by atoms with Gasteiger partial charge in [0.05, 0.1) is 5.56 Å². The fourth-order valence-corrected chi connectivity index (χ4v) is 3.57. The zero-order valence-corrected chi connectivity index (χ0v) is 15.5. The monoisotopic (exact) mass is 373 g/mol. The first kappa shape index (κ1) is 19.2. The first-order valence-electron chi connectivity index (χ1n) is 9.52. The van der Waals surface area contributed by atoms with Gasteiger partial charge in [-0.2, -0.15) is 0 Å². The summed E-state index contributed by atoms with van der Waals surface area (Å²) in [6, 6.07) is 5.09. The van der Waals surface area contributed by atoms with E-state index in [2.05, 4.69) is 15.5 Å². The van der Waals surface area contributed by atoms with Gasteiger partial charge in [-0.15, -0.1) is 0 Å². The molecule has 0 bridgehead atoms. The number of rotatable bonds is 7. The van der Waals surface area contributed by atoms with Gasteiger partial charge in [-0.3, -0.25) is 14.4 Å². The maximum atomic E-state index is 12.4. The number of carbonyl (C=O) groups excluding carboxylic acids is 3. The second-order valence-electron chi connectivity index (χ2n) is 6.93. The average molecular weight is 373 g/mol. The van der Waals surface area contributed by atoms with E-state index in [0.717, 1.165) is 44.8 Å². The standard InChI is InChI=1S/C19H27N5O3/c20-18(26)15-13-14(4-5-16(15)23-11-7-21-8-12-23)19(27)22-6-2-10-24-9-1-3-17(24)25/h4-5,13,21H,1-3,6-12H2,(H2,20,26)(H,22,27). The van der Waals surface area contributed by atoms with Crippen LogP contribution in [0, 0.1) is 0 Å². The predicted octanol–water partition coefficient (Wildman–Crippen LogP) is -0.0626. The minimum Gasteiger partial charge on any atom is -0.368 e. The van der Waals surface area contributed by atoms with Crippen LogP contribution in [0.1, 0.15) is 40.0 Å². The number of hydrogen-bond donors (Lipinski definition) is 3. The highest BCUT2D eigenvalue weighted by atomic mass is 16.2. The molecule has 4 N–H and O–H groups in total. The van der Waals surface area contributed by atoms with Crippen LogP contribution in [0.4, 0.5) is 5.69 Å². The van der Waals surface area contributed by atoms with Crippen molar-refractivity contribution >= 4 is 23.4 Å². The van der Waals surface area contributed by atoms with Crippen LogP contribution in [-0.4, -0.2) is 68.4 Å². The highest BCUT2D eigenvalue weighted by Gasteiger charge is 2.20. The number of likely N-dealkylation sites (tertiary alicyclic amines) is 1. The smallest absolute Gasteiger partial charge is 0.251 e. The van der Waals surface area contributed by atoms with Crippen molar-refractivity contribution in [2.24, 2.45) is 5.73 Å². The molecule has 2 aliphatic heterocycles. The van der Waals surface area contributed by atoms with Crippen LogP contribution in [0.3, 0.4) is 0 Å². The van der Waals surface area contributed by atoms with Crippen molar-refractivity contribution in [3.8, 4) is 0 Å². The molecule has 8 nitrogen and oxygen atoms in total. The van der Waals surface area contributed by atoms with Crippen LogP contribution >= 0.6 is 0 Å². The fourth-order valence-electron chi connectivity index (χ4n) is 3.57. The molecule has 2 fully saturated rings. The molecule has 1 aromatic carbocycles. The quantitative estimate of drug-likeness (QED) is 0.580. The van der Waals surface area contributed by atoms with Gasteiger partial charge in [-0.1, -0.05) is 0 Å². The van der Waals surface area contributed by atoms with Gasteiger partial charge >= 0.3 is 0 Å². The van der Waals surface area contributed by atoms with Gasteiger partial charge in [0.2, 0.25) is 5.91 Å². The Kier molecular flexibility index (Phi) is 6.28. The number of nitrogens with one attached hydrogen (secondary N) is 2. The second-order valence-corrected chi connectivity index (χ2v) is 6.93. The molecule has 0 atom stereocenters. The Morgan fingerprint density at radius 1 is 1.19 bits per heavy atom. The molecule has 3 amide bonds. The summed E-state index contributed by atoms with van der Waals surface area (Å²) in [6.07, 6.45) is 2.25. The lowest BCUT2D eigenvalue weighted by molar-refractivity contribution is -0.127. The van der Waals surface area contributed by atoms with Crippen molar-refractivity contribution in [2.75, 3.05) is 50.7 Å². The third-order valence-corrected chi connectivity index (χ3v) is 5.04. The Morgan fingerprint density at radius 3 is 2.63 bits per heavy atom. The van der Waals surface area contributed by atoms with Crippen molar-refractivity contribution in [2.45, 2.75) is 19.3 Å². The third-order valence-electron chi connectivity index (χ3n) is 5.04. The number of anilines is 1. The van der Waals surface area contributed by atoms with Gasteiger partial charge in [-0.05, 0) is 31.0 Å². The summed E-state index contributed by atoms with van der Waals surface area (Å²) in [5, 5.41) is 6.12. The Hall–Kier alpha value is -2.61. The molecule has 2 aliphatic rings. The fraction of sp³-hybridized carbons (Fsp3) is 0.526. The van der Waals surface area contributed by atoms with Gasteiger partial charge in [-0.25, -0.2) is 0 Å². The van der Waals surface area contributed by atoms with Gasteiger partial charge in [0, 0.05) is 63.5 Å². The summed E-state index contributed by atoms with van der Waals surface area (Å²) in [7, 11) is 0. The van der Waals surface area contributed by atoms with E-state index >= 15 is 0 Å². The lowest BCUT2D eigenvalue weighted by atomic mass is 10.1. The van der Waals surface area contributed by atoms with E-state index in [1.165, 1.54) is 0 Å². The normalized spacial score (nSPS) is 17.3. The Balaban J connectivity index is 1.58. The number of carbonyl (C=O) groups is 3. The van der Waals surface area contributed by atoms with Gasteiger partial charge in [0.25, 0.3) is 11.8 Å². The van der Waals surface area contributed by atoms with E-state index in [0.29, 0.717) is 37.1 Å². The number of benzene rings is 1. The summed E-state index contributed by atoms with van der Waals surface area (Å²) >= 11 is 0. The molecule has 0 aliphatic carbocycles. The molecule has 2 saturated heterocycles. The largest absolute Gasteiger partial charge is 0.368 e. The van der Waals surface area contributed by atoms with Crippen molar-refractivity contribution in [3.05, 3.63) is 29.3 Å². The van der Waals surface area contributed by atoms with Crippen LogP contribution in [0.5, 0.6) is 0 Å². The van der Waals surface area contributed by atoms with Crippen molar-refractivity contribution in [1.29, 1.82) is 0 Å². The maximum absolute atomic E-state index is 12.4. The van der Waals surface area contributed by atoms with Crippen LogP contribution in [0.2, 0.25) is 0 Å². The van der Waals surface area contributed by atoms with Crippen molar-refractivity contribution < 1.29 is 14.4 Å². The summed E-state index contributed by atoms with van der Waals surface area (Å²) in [5.41, 5.74) is 7.10. The van der Waals surface area contributed by atoms with E-state index in [4.69, 9.17) is 5.73 Å². The first-order valence-corrected chi connectivity index (χ1v) is 9.52. The van der Waals surface area contributed by atoms with Gasteiger partial charge in [0.15, 0.2) is 0 Å². The third kappa shape index (κ3) is 4.77. The van der Waals surface area contributed by atoms with Crippen LogP contribution < -0.4 is 21.3 Å². The summed E-state index contributed by atoms with van der Waals surface area (Å²) in [4.78, 5) is 39.8. The molecule has 0 saturated carbocycles. The molecule has 3 rings (SSSR count). The summed E-state index contributed by atoms with van der Waals surface area (Å²) in [6.45, 7) is 5.23. The van der Waals surface area contributed by atoms with Crippen molar-refractivity contribution in [3.63, 3.8) is 0 Å². The first-order chi connectivity index (χ1) is 13.1. The summed E-state index contributed by atoms with van der Waals surface area (Å²) < 4.78 is 0. The minimum atomic E-state index is -0.536. The topological polar surface area (TPSA) is 108 Å². The van der Waals surface area contributed by atoms with Gasteiger partial charge in [0.1, 0.15) is 0 Å². The molecule has 27 heavy (non-hydrogen) atoms. The van der Waals surface area contributed by atoms with E-state index in [1.807, 2.05) is 4.90 Å². The zero-order chi connectivity index (χ0) is 19.2. The molecule has 8 heteroatoms. The Morgan fingerprint density at radius 2 is 1.96 bits per heavy atom. The minimum absolute atomic E-state index is 0.191. The van der Waals surface area contributed by atoms with Crippen LogP contribution in [-0.2, 0) is 4.79 Å². The van der Waals surface area contributed by atoms with E-state index in [-0.39, 0.29) is 11.8 Å². The number of nitrogens with two attached hydrogens (primary N) is 1. The molecule has 0 unspecified atom stereocenters. The molecule has 146 valence electrons. The number of piperazine rings is 1. The lowest BCUT2D eigenvalue weighted by Gasteiger charge is -2.30. The molecule has 0 radical (unpaired) electrons. The molecule has 1 aromatic rings. The van der Waals surface area contributed by atoms with E-state index in [9.17, 15) is 14.4 Å². The molecule has 0 aromatic heterocycles. The highest BCUT2D eigenvalue weighted by Crippen LogP contribution is 2.22. The molecular weight excluding hydrogens is 346 g/mol. The Bertz CT molecular complexity index is 715. The van der Waals surface area contributed by atoms with Crippen molar-refractivity contribution in [1.82, 2.24) is 15.5 Å². The zero-order valence-electron chi connectivity index (χ0n) is 15.5. The SMILES string of the molecule is NC(=O)c1cc(C(=O)NCCCN2CCCC2=O)ccc1N1CCNCC1. The number of primary amides is 1. The van der Waals surface area contributed by atoms with Crippen LogP contribution in [0.15, 0.2) is 18.2 Å². The molecule has 0 spiro atoms. The number of hydrogen-bond acceptors (Lipinski definition) is 5. The van der Waals surface area contributed by atoms with E-state index in [1.54, 1.807) is 18.2 Å². The summed E-state index contributed by atoms with van der Waals surface area (Å²) in [5.74, 6) is -0.584. The van der Waals surface area contributed by atoms with Gasteiger partial charge < -0.3 is 26.2 Å². The average Bonchev–Trinajstić information content (AvgIpc) is 3.10. The predicted molar refractivity (Wildman–Crippen MR) is 103 cm³/mol. The molecular formula is C19H27N5O3. The highest BCUT2D eigenvalue weighted by molar-refractivity contribution is 6.03. The molecule has 2 heterocycles. The Labute approximate surface area is 159 Å². The second kappa shape index (κ2) is 8.85. The number of amides is 3.